The van der Waals surface area contributed by atoms with Crippen molar-refractivity contribution < 1.29 is 10.0 Å². The van der Waals surface area contributed by atoms with E-state index >= 15 is 0 Å². The molecule has 0 aliphatic rings. The molecule has 0 saturated carbocycles. The molecule has 2 aromatic carbocycles. The van der Waals surface area contributed by atoms with Gasteiger partial charge in [0.2, 0.25) is 17.8 Å². The normalized spacial score (nSPS) is 10.9. The number of hydrogen-bond donors (Lipinski definition) is 3. The lowest BCUT2D eigenvalue weighted by atomic mass is 10.2. The lowest BCUT2D eigenvalue weighted by Crippen LogP contribution is -2.25. The van der Waals surface area contributed by atoms with Gasteiger partial charge in [0.1, 0.15) is 5.75 Å². The summed E-state index contributed by atoms with van der Waals surface area (Å²) in [5, 5.41) is 28.8. The van der Waals surface area contributed by atoms with Gasteiger partial charge in [-0.15, -0.1) is 0 Å². The number of rotatable bonds is 9. The number of non-ortho nitro benzene ring substituents is 1. The maximum absolute atomic E-state index is 11.1. The highest BCUT2D eigenvalue weighted by atomic mass is 35.5. The van der Waals surface area contributed by atoms with Gasteiger partial charge in [0.25, 0.3) is 5.69 Å². The summed E-state index contributed by atoms with van der Waals surface area (Å²) >= 11 is 6.15. The summed E-state index contributed by atoms with van der Waals surface area (Å²) in [7, 11) is 0. The standard InChI is InChI=1S/C21H23ClN8O3/c1-4-29(5-2)21-26-19(24-17-11-15(30(32)33)8-9-18(17)31)25-20(27-21)28-23-12-14-7-6-13(3)16(22)10-14/h6-12,31H,4-5H2,1-3H3,(H2,24,25,26,27,28)/b23-12+. The van der Waals surface area contributed by atoms with Gasteiger partial charge in [0.05, 0.1) is 16.8 Å². The second-order valence-electron chi connectivity index (χ2n) is 6.92. The van der Waals surface area contributed by atoms with E-state index in [1.54, 1.807) is 12.3 Å². The lowest BCUT2D eigenvalue weighted by molar-refractivity contribution is -0.384. The van der Waals surface area contributed by atoms with Crippen molar-refractivity contribution in [3.8, 4) is 5.75 Å². The molecule has 172 valence electrons. The number of aromatic nitrogens is 3. The van der Waals surface area contributed by atoms with E-state index < -0.39 is 4.92 Å². The molecule has 0 aliphatic heterocycles. The molecule has 0 bridgehead atoms. The van der Waals surface area contributed by atoms with Crippen molar-refractivity contribution >= 4 is 47.0 Å². The van der Waals surface area contributed by atoms with Gasteiger partial charge in [-0.05, 0) is 44.0 Å². The molecular formula is C21H23ClN8O3. The number of anilines is 4. The van der Waals surface area contributed by atoms with E-state index in [1.165, 1.54) is 18.2 Å². The largest absolute Gasteiger partial charge is 0.506 e. The Morgan fingerprint density at radius 1 is 1.15 bits per heavy atom. The number of phenols is 1. The minimum Gasteiger partial charge on any atom is -0.506 e. The highest BCUT2D eigenvalue weighted by Crippen LogP contribution is 2.30. The summed E-state index contributed by atoms with van der Waals surface area (Å²) in [4.78, 5) is 25.5. The van der Waals surface area contributed by atoms with Gasteiger partial charge in [-0.25, -0.2) is 5.43 Å². The smallest absolute Gasteiger partial charge is 0.271 e. The second kappa shape index (κ2) is 10.6. The van der Waals surface area contributed by atoms with Crippen molar-refractivity contribution in [2.45, 2.75) is 20.8 Å². The molecule has 1 aromatic heterocycles. The molecule has 3 rings (SSSR count). The third-order valence-electron chi connectivity index (χ3n) is 4.68. The Morgan fingerprint density at radius 3 is 2.55 bits per heavy atom. The van der Waals surface area contributed by atoms with E-state index in [9.17, 15) is 15.2 Å². The van der Waals surface area contributed by atoms with Crippen LogP contribution < -0.4 is 15.6 Å². The van der Waals surface area contributed by atoms with E-state index in [0.717, 1.165) is 11.1 Å². The maximum Gasteiger partial charge on any atom is 0.271 e. The molecule has 11 nitrogen and oxygen atoms in total. The molecule has 1 heterocycles. The first kappa shape index (κ1) is 23.7. The third kappa shape index (κ3) is 6.04. The Morgan fingerprint density at radius 2 is 1.88 bits per heavy atom. The molecule has 0 saturated heterocycles. The summed E-state index contributed by atoms with van der Waals surface area (Å²) in [5.74, 6) is 0.417. The molecule has 33 heavy (non-hydrogen) atoms. The van der Waals surface area contributed by atoms with E-state index in [1.807, 2.05) is 37.8 Å². The first-order valence-corrected chi connectivity index (χ1v) is 10.5. The third-order valence-corrected chi connectivity index (χ3v) is 5.09. The molecule has 3 aromatic rings. The highest BCUT2D eigenvalue weighted by Gasteiger charge is 2.15. The summed E-state index contributed by atoms with van der Waals surface area (Å²) in [6, 6.07) is 9.17. The fourth-order valence-corrected chi connectivity index (χ4v) is 3.02. The number of benzene rings is 2. The second-order valence-corrected chi connectivity index (χ2v) is 7.32. The van der Waals surface area contributed by atoms with Crippen molar-refractivity contribution in [1.29, 1.82) is 0 Å². The predicted octanol–water partition coefficient (Wildman–Crippen LogP) is 4.48. The number of nitrogens with zero attached hydrogens (tertiary/aromatic N) is 6. The summed E-state index contributed by atoms with van der Waals surface area (Å²) in [5.41, 5.74) is 4.42. The quantitative estimate of drug-likeness (QED) is 0.178. The Kier molecular flexibility index (Phi) is 7.57. The SMILES string of the molecule is CCN(CC)c1nc(N/N=C/c2ccc(C)c(Cl)c2)nc(Nc2cc([N+](=O)[O-])ccc2O)n1. The molecule has 3 N–H and O–H groups in total. The van der Waals surface area contributed by atoms with Crippen molar-refractivity contribution in [1.82, 2.24) is 15.0 Å². The van der Waals surface area contributed by atoms with Gasteiger partial charge in [0.15, 0.2) is 0 Å². The zero-order chi connectivity index (χ0) is 24.0. The molecule has 0 atom stereocenters. The van der Waals surface area contributed by atoms with Crippen LogP contribution in [0.1, 0.15) is 25.0 Å². The van der Waals surface area contributed by atoms with Crippen LogP contribution in [0.3, 0.4) is 0 Å². The average molecular weight is 471 g/mol. The van der Waals surface area contributed by atoms with Crippen LogP contribution >= 0.6 is 11.6 Å². The van der Waals surface area contributed by atoms with Crippen LogP contribution in [-0.4, -0.2) is 44.3 Å². The van der Waals surface area contributed by atoms with Crippen LogP contribution in [0.5, 0.6) is 5.75 Å². The summed E-state index contributed by atoms with van der Waals surface area (Å²) in [6.45, 7) is 7.12. The van der Waals surface area contributed by atoms with Gasteiger partial charge >= 0.3 is 0 Å². The Hall–Kier alpha value is -3.99. The molecule has 0 unspecified atom stereocenters. The van der Waals surface area contributed by atoms with E-state index in [2.05, 4.69) is 30.8 Å². The molecule has 0 radical (unpaired) electrons. The Labute approximate surface area is 195 Å². The van der Waals surface area contributed by atoms with Crippen molar-refractivity contribution in [3.05, 3.63) is 62.7 Å². The average Bonchev–Trinajstić information content (AvgIpc) is 2.78. The number of halogens is 1. The summed E-state index contributed by atoms with van der Waals surface area (Å²) in [6.07, 6.45) is 1.58. The molecule has 0 fully saturated rings. The Balaban J connectivity index is 1.91. The van der Waals surface area contributed by atoms with Crippen molar-refractivity contribution in [2.24, 2.45) is 5.10 Å². The zero-order valence-electron chi connectivity index (χ0n) is 18.3. The molecule has 12 heteroatoms. The number of aromatic hydroxyl groups is 1. The van der Waals surface area contributed by atoms with Crippen LogP contribution in [-0.2, 0) is 0 Å². The van der Waals surface area contributed by atoms with Crippen LogP contribution in [0.15, 0.2) is 41.5 Å². The van der Waals surface area contributed by atoms with Crippen molar-refractivity contribution in [2.75, 3.05) is 28.7 Å². The van der Waals surface area contributed by atoms with Crippen LogP contribution in [0.25, 0.3) is 0 Å². The number of nitrogens with one attached hydrogen (secondary N) is 2. The van der Waals surface area contributed by atoms with Crippen LogP contribution in [0, 0.1) is 17.0 Å². The predicted molar refractivity (Wildman–Crippen MR) is 129 cm³/mol. The number of phenolic OH excluding ortho intramolecular Hbond substituents is 1. The molecular weight excluding hydrogens is 448 g/mol. The topological polar surface area (TPSA) is 142 Å². The molecule has 0 spiro atoms. The summed E-state index contributed by atoms with van der Waals surface area (Å²) < 4.78 is 0. The number of nitro groups is 1. The molecule has 0 amide bonds. The lowest BCUT2D eigenvalue weighted by Gasteiger charge is -2.19. The van der Waals surface area contributed by atoms with Crippen molar-refractivity contribution in [3.63, 3.8) is 0 Å². The van der Waals surface area contributed by atoms with E-state index in [-0.39, 0.29) is 29.0 Å². The maximum atomic E-state index is 11.1. The number of aryl methyl sites for hydroxylation is 1. The monoisotopic (exact) mass is 470 g/mol. The van der Waals surface area contributed by atoms with Gasteiger partial charge in [-0.3, -0.25) is 10.1 Å². The van der Waals surface area contributed by atoms with E-state index in [0.29, 0.717) is 24.1 Å². The zero-order valence-corrected chi connectivity index (χ0v) is 19.0. The van der Waals surface area contributed by atoms with Gasteiger partial charge in [-0.1, -0.05) is 23.7 Å². The Bertz CT molecular complexity index is 1180. The number of nitro benzene ring substituents is 1. The minimum atomic E-state index is -0.557. The van der Waals surface area contributed by atoms with Crippen LogP contribution in [0.4, 0.5) is 29.2 Å². The van der Waals surface area contributed by atoms with E-state index in [4.69, 9.17) is 11.6 Å². The first-order valence-electron chi connectivity index (χ1n) is 10.1. The number of hydrazone groups is 1. The fourth-order valence-electron chi connectivity index (χ4n) is 2.83. The number of hydrogen-bond acceptors (Lipinski definition) is 10. The fraction of sp³-hybridized carbons (Fsp3) is 0.238. The van der Waals surface area contributed by atoms with Crippen LogP contribution in [0.2, 0.25) is 5.02 Å². The highest BCUT2D eigenvalue weighted by molar-refractivity contribution is 6.31. The van der Waals surface area contributed by atoms with Gasteiger partial charge < -0.3 is 15.3 Å². The van der Waals surface area contributed by atoms with Gasteiger partial charge in [-0.2, -0.15) is 20.1 Å². The minimum absolute atomic E-state index is 0.0822. The molecule has 0 aliphatic carbocycles. The first-order chi connectivity index (χ1) is 15.8. The van der Waals surface area contributed by atoms with Gasteiger partial charge in [0, 0.05) is 30.2 Å².